The van der Waals surface area contributed by atoms with Crippen molar-refractivity contribution in [1.82, 2.24) is 0 Å². The van der Waals surface area contributed by atoms with E-state index in [1.54, 1.807) is 0 Å². The van der Waals surface area contributed by atoms with Gasteiger partial charge in [0.2, 0.25) is 0 Å². The van der Waals surface area contributed by atoms with Crippen LogP contribution in [0.3, 0.4) is 0 Å². The first-order valence-corrected chi connectivity index (χ1v) is 12.7. The Balaban J connectivity index is 1.37. The molecule has 0 atom stereocenters. The molecule has 4 N–H and O–H groups in total. The van der Waals surface area contributed by atoms with E-state index >= 15 is 0 Å². The van der Waals surface area contributed by atoms with Gasteiger partial charge in [-0.3, -0.25) is 0 Å². The van der Waals surface area contributed by atoms with E-state index in [0.29, 0.717) is 16.9 Å². The van der Waals surface area contributed by atoms with E-state index in [4.69, 9.17) is 25.7 Å². The summed E-state index contributed by atoms with van der Waals surface area (Å²) in [6.07, 6.45) is -5.86. The zero-order valence-corrected chi connectivity index (χ0v) is 21.6. The zero-order valence-electron chi connectivity index (χ0n) is 21.6. The topological polar surface area (TPSA) is 114 Å². The van der Waals surface area contributed by atoms with Gasteiger partial charge in [-0.2, -0.15) is 22.0 Å². The van der Waals surface area contributed by atoms with Crippen molar-refractivity contribution in [2.45, 2.75) is 50.8 Å². The second kappa shape index (κ2) is 13.5. The fraction of sp³-hybridized carbons (Fsp3) is 0.429. The molecule has 3 rings (SSSR count). The van der Waals surface area contributed by atoms with Crippen molar-refractivity contribution in [3.05, 3.63) is 59.7 Å². The molecule has 0 unspecified atom stereocenters. The summed E-state index contributed by atoms with van der Waals surface area (Å²) in [7, 11) is 0. The number of ether oxygens (including phenoxy) is 3. The molecule has 0 heterocycles. The Morgan fingerprint density at radius 2 is 1.48 bits per heavy atom. The number of carbonyl (C=O) groups is 2. The first-order valence-electron chi connectivity index (χ1n) is 12.7. The Labute approximate surface area is 228 Å². The molecule has 1 saturated carbocycles. The number of alkyl halides is 5. The van der Waals surface area contributed by atoms with Crippen LogP contribution in [0.15, 0.2) is 48.5 Å². The number of nitrogen functional groups attached to an aromatic ring is 2. The van der Waals surface area contributed by atoms with Gasteiger partial charge in [0.05, 0.1) is 24.7 Å². The predicted molar refractivity (Wildman–Crippen MR) is 138 cm³/mol. The molecule has 1 aliphatic rings. The summed E-state index contributed by atoms with van der Waals surface area (Å²) in [5, 5.41) is 0. The molecule has 0 radical (unpaired) electrons. The summed E-state index contributed by atoms with van der Waals surface area (Å²) in [6.45, 7) is 0.00112. The maximum absolute atomic E-state index is 14.6. The highest BCUT2D eigenvalue weighted by molar-refractivity contribution is 5.91. The summed E-state index contributed by atoms with van der Waals surface area (Å²) < 4.78 is 81.8. The van der Waals surface area contributed by atoms with Gasteiger partial charge in [0, 0.05) is 30.3 Å². The first-order chi connectivity index (χ1) is 18.8. The lowest BCUT2D eigenvalue weighted by Crippen LogP contribution is -2.37. The second-order valence-electron chi connectivity index (χ2n) is 9.65. The van der Waals surface area contributed by atoms with Crippen molar-refractivity contribution in [1.29, 1.82) is 0 Å². The maximum atomic E-state index is 14.6. The van der Waals surface area contributed by atoms with Crippen LogP contribution in [0, 0.1) is 11.8 Å². The number of rotatable bonds is 11. The lowest BCUT2D eigenvalue weighted by molar-refractivity contribution is -0.225. The summed E-state index contributed by atoms with van der Waals surface area (Å²) in [4.78, 5) is 23.9. The van der Waals surface area contributed by atoms with Gasteiger partial charge in [0.25, 0.3) is 0 Å². The fourth-order valence-electron chi connectivity index (χ4n) is 4.40. The molecule has 0 aliphatic heterocycles. The molecule has 0 amide bonds. The third-order valence-corrected chi connectivity index (χ3v) is 6.37. The van der Waals surface area contributed by atoms with Crippen LogP contribution in [-0.4, -0.2) is 37.4 Å². The average molecular weight is 571 g/mol. The Hall–Kier alpha value is -3.83. The molecule has 2 aromatic carbocycles. The quantitative estimate of drug-likeness (QED) is 0.106. The van der Waals surface area contributed by atoms with Crippen LogP contribution >= 0.6 is 0 Å². The minimum Gasteiger partial charge on any atom is -0.462 e. The van der Waals surface area contributed by atoms with Gasteiger partial charge in [0.1, 0.15) is 5.75 Å². The van der Waals surface area contributed by atoms with Crippen LogP contribution in [0.25, 0.3) is 6.08 Å². The highest BCUT2D eigenvalue weighted by Gasteiger charge is 2.45. The molecule has 12 heteroatoms. The fourth-order valence-corrected chi connectivity index (χ4v) is 4.40. The van der Waals surface area contributed by atoms with E-state index in [0.717, 1.165) is 6.08 Å². The first kappa shape index (κ1) is 30.7. The number of carbonyl (C=O) groups excluding carboxylic acids is 2. The number of anilines is 2. The Morgan fingerprint density at radius 3 is 2.08 bits per heavy atom. The number of nitrogens with two attached hydrogens (primary N) is 2. The molecule has 1 fully saturated rings. The molecule has 40 heavy (non-hydrogen) atoms. The lowest BCUT2D eigenvalue weighted by Gasteiger charge is -2.33. The third-order valence-electron chi connectivity index (χ3n) is 6.37. The van der Waals surface area contributed by atoms with Gasteiger partial charge in [-0.25, -0.2) is 9.59 Å². The largest absolute Gasteiger partial charge is 0.462 e. The van der Waals surface area contributed by atoms with E-state index in [-0.39, 0.29) is 56.6 Å². The number of halogens is 5. The molecule has 0 spiro atoms. The van der Waals surface area contributed by atoms with E-state index < -0.39 is 42.5 Å². The van der Waals surface area contributed by atoms with Crippen molar-refractivity contribution < 1.29 is 45.8 Å². The minimum absolute atomic E-state index is 0.00446. The predicted octanol–water partition coefficient (Wildman–Crippen LogP) is 6.38. The Kier molecular flexibility index (Phi) is 10.4. The monoisotopic (exact) mass is 570 g/mol. The zero-order chi connectivity index (χ0) is 29.3. The maximum Gasteiger partial charge on any atom is 0.400 e. The molecule has 7 nitrogen and oxygen atoms in total. The number of esters is 2. The van der Waals surface area contributed by atoms with Crippen LogP contribution in [0.1, 0.15) is 54.4 Å². The molecule has 0 aromatic heterocycles. The molecular formula is C28H31F5N2O5. The summed E-state index contributed by atoms with van der Waals surface area (Å²) >= 11 is 0. The van der Waals surface area contributed by atoms with Crippen molar-refractivity contribution in [3.8, 4) is 5.75 Å². The van der Waals surface area contributed by atoms with Crippen LogP contribution in [0.4, 0.5) is 33.3 Å². The van der Waals surface area contributed by atoms with Gasteiger partial charge < -0.3 is 25.7 Å². The van der Waals surface area contributed by atoms with Crippen LogP contribution in [0.2, 0.25) is 0 Å². The van der Waals surface area contributed by atoms with Crippen molar-refractivity contribution >= 4 is 29.4 Å². The Bertz CT molecular complexity index is 1160. The number of benzene rings is 2. The molecule has 0 bridgehead atoms. The van der Waals surface area contributed by atoms with E-state index in [2.05, 4.69) is 0 Å². The van der Waals surface area contributed by atoms with Crippen LogP contribution in [0.5, 0.6) is 5.75 Å². The van der Waals surface area contributed by atoms with Crippen molar-refractivity contribution in [2.75, 3.05) is 24.7 Å². The smallest absolute Gasteiger partial charge is 0.400 e. The van der Waals surface area contributed by atoms with Crippen LogP contribution in [-0.2, 0) is 14.3 Å². The second-order valence-corrected chi connectivity index (χ2v) is 9.65. The third kappa shape index (κ3) is 10.0. The normalized spacial score (nSPS) is 17.9. The summed E-state index contributed by atoms with van der Waals surface area (Å²) in [5.74, 6) is -3.16. The van der Waals surface area contributed by atoms with Crippen molar-refractivity contribution in [3.63, 3.8) is 0 Å². The molecule has 0 saturated heterocycles. The standard InChI is InChI=1S/C28H31F5N2O5/c29-27(30,31)17-19-2-7-21(8-3-19)28(32,33)40-24-9-4-18(5-10-24)6-11-25(36)38-12-1-13-39-26(37)20-14-22(34)16-23(35)15-20/h4-6,9-11,14-16,19,21H,1-3,7-8,12-13,17,34-35H2. The van der Waals surface area contributed by atoms with Gasteiger partial charge >= 0.3 is 24.2 Å². The molecule has 2 aromatic rings. The van der Waals surface area contributed by atoms with Gasteiger partial charge in [-0.15, -0.1) is 0 Å². The van der Waals surface area contributed by atoms with E-state index in [1.807, 2.05) is 0 Å². The SMILES string of the molecule is Nc1cc(N)cc(C(=O)OCCCOC(=O)C=Cc2ccc(OC(F)(F)C3CCC(CC(F)(F)F)CC3)cc2)c1. The van der Waals surface area contributed by atoms with E-state index in [9.17, 15) is 31.5 Å². The lowest BCUT2D eigenvalue weighted by atomic mass is 9.80. The summed E-state index contributed by atoms with van der Waals surface area (Å²) in [6, 6.07) is 9.95. The Morgan fingerprint density at radius 1 is 0.875 bits per heavy atom. The average Bonchev–Trinajstić information content (AvgIpc) is 2.86. The van der Waals surface area contributed by atoms with E-state index in [1.165, 1.54) is 48.5 Å². The van der Waals surface area contributed by atoms with Gasteiger partial charge in [-0.05, 0) is 73.6 Å². The molecule has 1 aliphatic carbocycles. The van der Waals surface area contributed by atoms with Crippen LogP contribution < -0.4 is 16.2 Å². The highest BCUT2D eigenvalue weighted by atomic mass is 19.4. The molecular weight excluding hydrogens is 539 g/mol. The minimum atomic E-state index is -4.30. The number of hydrogen-bond acceptors (Lipinski definition) is 7. The van der Waals surface area contributed by atoms with Crippen molar-refractivity contribution in [2.24, 2.45) is 11.8 Å². The summed E-state index contributed by atoms with van der Waals surface area (Å²) in [5.41, 5.74) is 12.7. The number of hydrogen-bond donors (Lipinski definition) is 2. The van der Waals surface area contributed by atoms with Gasteiger partial charge in [-0.1, -0.05) is 12.1 Å². The van der Waals surface area contributed by atoms with Gasteiger partial charge in [0.15, 0.2) is 0 Å². The molecule has 218 valence electrons. The highest BCUT2D eigenvalue weighted by Crippen LogP contribution is 2.42.